The zero-order chi connectivity index (χ0) is 22.5. The van der Waals surface area contributed by atoms with Crippen LogP contribution in [0.3, 0.4) is 0 Å². The van der Waals surface area contributed by atoms with Crippen LogP contribution in [0.25, 0.3) is 12.2 Å². The highest BCUT2D eigenvalue weighted by Crippen LogP contribution is 2.40. The summed E-state index contributed by atoms with van der Waals surface area (Å²) >= 11 is 0. The van der Waals surface area contributed by atoms with Crippen LogP contribution in [0, 0.1) is 0 Å². The van der Waals surface area contributed by atoms with E-state index in [9.17, 15) is 9.59 Å². The number of amides is 1. The van der Waals surface area contributed by atoms with Crippen molar-refractivity contribution in [2.45, 2.75) is 57.7 Å². The van der Waals surface area contributed by atoms with Gasteiger partial charge in [0.2, 0.25) is 5.91 Å². The van der Waals surface area contributed by atoms with Crippen LogP contribution in [0.4, 0.5) is 0 Å². The lowest BCUT2D eigenvalue weighted by atomic mass is 9.78. The Kier molecular flexibility index (Phi) is 6.79. The number of hydrogen-bond donors (Lipinski definition) is 0. The van der Waals surface area contributed by atoms with Gasteiger partial charge in [0.05, 0.1) is 0 Å². The fourth-order valence-electron chi connectivity index (χ4n) is 4.61. The molecule has 1 saturated heterocycles. The van der Waals surface area contributed by atoms with E-state index in [1.165, 1.54) is 6.08 Å². The molecule has 0 N–H and O–H groups in total. The second-order valence-corrected chi connectivity index (χ2v) is 9.25. The number of rotatable bonds is 5. The number of esters is 1. The Bertz CT molecular complexity index is 940. The van der Waals surface area contributed by atoms with Crippen molar-refractivity contribution in [2.75, 3.05) is 0 Å². The van der Waals surface area contributed by atoms with Gasteiger partial charge in [0.15, 0.2) is 0 Å². The number of ether oxygens (including phenoxy) is 1. The maximum atomic E-state index is 13.1. The number of carbonyl (C=O) groups is 2. The van der Waals surface area contributed by atoms with Gasteiger partial charge in [-0.05, 0) is 51.0 Å². The zero-order valence-corrected chi connectivity index (χ0v) is 18.7. The largest absolute Gasteiger partial charge is 0.459 e. The third-order valence-corrected chi connectivity index (χ3v) is 5.60. The molecule has 31 heavy (non-hydrogen) atoms. The molecule has 0 aromatic heterocycles. The number of carbonyl (C=O) groups excluding carboxylic acids is 2. The zero-order valence-electron chi connectivity index (χ0n) is 18.7. The Balaban J connectivity index is 1.67. The highest BCUT2D eigenvalue weighted by Gasteiger charge is 2.48. The highest BCUT2D eigenvalue weighted by molar-refractivity contribution is 5.93. The summed E-state index contributed by atoms with van der Waals surface area (Å²) in [5.74, 6) is -0.392. The van der Waals surface area contributed by atoms with Crippen molar-refractivity contribution in [3.05, 3.63) is 83.9 Å². The average Bonchev–Trinajstić information content (AvgIpc) is 2.70. The second-order valence-electron chi connectivity index (χ2n) is 9.25. The van der Waals surface area contributed by atoms with Crippen molar-refractivity contribution in [3.63, 3.8) is 0 Å². The molecule has 1 aliphatic rings. The molecule has 3 rings (SSSR count). The van der Waals surface area contributed by atoms with E-state index in [0.717, 1.165) is 11.1 Å². The predicted octanol–water partition coefficient (Wildman–Crippen LogP) is 5.50. The topological polar surface area (TPSA) is 46.6 Å². The lowest BCUT2D eigenvalue weighted by Crippen LogP contribution is -2.64. The smallest absolute Gasteiger partial charge is 0.331 e. The van der Waals surface area contributed by atoms with E-state index in [-0.39, 0.29) is 18.0 Å². The van der Waals surface area contributed by atoms with Crippen LogP contribution >= 0.6 is 0 Å². The Hall–Kier alpha value is -3.14. The number of likely N-dealkylation sites (tertiary alicyclic amines) is 1. The Morgan fingerprint density at radius 2 is 1.26 bits per heavy atom. The molecule has 0 bridgehead atoms. The molecule has 1 heterocycles. The van der Waals surface area contributed by atoms with Gasteiger partial charge < -0.3 is 9.64 Å². The molecule has 2 aromatic rings. The first-order chi connectivity index (χ1) is 14.7. The number of benzene rings is 2. The maximum Gasteiger partial charge on any atom is 0.331 e. The van der Waals surface area contributed by atoms with E-state index >= 15 is 0 Å². The normalized spacial score (nSPS) is 18.4. The molecule has 1 fully saturated rings. The summed E-state index contributed by atoms with van der Waals surface area (Å²) in [6, 6.07) is 19.4. The highest BCUT2D eigenvalue weighted by atomic mass is 16.5. The minimum Gasteiger partial charge on any atom is -0.459 e. The van der Waals surface area contributed by atoms with E-state index in [1.807, 2.05) is 99.3 Å². The molecule has 0 unspecified atom stereocenters. The third-order valence-electron chi connectivity index (χ3n) is 5.60. The third kappa shape index (κ3) is 5.94. The van der Waals surface area contributed by atoms with Gasteiger partial charge in [-0.2, -0.15) is 0 Å². The van der Waals surface area contributed by atoms with E-state index in [0.29, 0.717) is 12.8 Å². The molecule has 0 spiro atoms. The molecule has 4 nitrogen and oxygen atoms in total. The fourth-order valence-corrected chi connectivity index (χ4v) is 4.61. The van der Waals surface area contributed by atoms with Gasteiger partial charge in [-0.15, -0.1) is 0 Å². The quantitative estimate of drug-likeness (QED) is 0.476. The molecule has 1 amide bonds. The molecule has 0 atom stereocenters. The number of nitrogens with zero attached hydrogens (tertiary/aromatic N) is 1. The monoisotopic (exact) mass is 417 g/mol. The van der Waals surface area contributed by atoms with Crippen LogP contribution in [0.1, 0.15) is 51.7 Å². The van der Waals surface area contributed by atoms with Gasteiger partial charge in [0, 0.05) is 36.1 Å². The lowest BCUT2D eigenvalue weighted by Gasteiger charge is -2.54. The summed E-state index contributed by atoms with van der Waals surface area (Å²) in [6.45, 7) is 8.12. The molecule has 162 valence electrons. The summed E-state index contributed by atoms with van der Waals surface area (Å²) in [4.78, 5) is 27.4. The molecule has 1 aliphatic heterocycles. The van der Waals surface area contributed by atoms with Crippen molar-refractivity contribution < 1.29 is 14.3 Å². The van der Waals surface area contributed by atoms with Crippen molar-refractivity contribution in [2.24, 2.45) is 0 Å². The minimum absolute atomic E-state index is 0.0346. The minimum atomic E-state index is -0.450. The van der Waals surface area contributed by atoms with Crippen LogP contribution in [-0.2, 0) is 14.3 Å². The Morgan fingerprint density at radius 3 is 1.74 bits per heavy atom. The van der Waals surface area contributed by atoms with Crippen LogP contribution in [0.2, 0.25) is 0 Å². The summed E-state index contributed by atoms with van der Waals surface area (Å²) < 4.78 is 5.76. The molecule has 0 radical (unpaired) electrons. The Labute approximate surface area is 185 Å². The van der Waals surface area contributed by atoms with Crippen molar-refractivity contribution in [3.8, 4) is 0 Å². The van der Waals surface area contributed by atoms with E-state index in [1.54, 1.807) is 12.2 Å². The van der Waals surface area contributed by atoms with Gasteiger partial charge in [0.1, 0.15) is 6.10 Å². The van der Waals surface area contributed by atoms with E-state index in [2.05, 4.69) is 0 Å². The average molecular weight is 418 g/mol. The summed E-state index contributed by atoms with van der Waals surface area (Å²) in [5, 5.41) is 0. The van der Waals surface area contributed by atoms with Gasteiger partial charge in [-0.25, -0.2) is 4.79 Å². The number of piperidine rings is 1. The first-order valence-electron chi connectivity index (χ1n) is 10.7. The van der Waals surface area contributed by atoms with Crippen LogP contribution in [0.5, 0.6) is 0 Å². The summed E-state index contributed by atoms with van der Waals surface area (Å²) in [7, 11) is 0. The summed E-state index contributed by atoms with van der Waals surface area (Å²) in [5.41, 5.74) is 1.04. The second kappa shape index (κ2) is 9.34. The van der Waals surface area contributed by atoms with E-state index < -0.39 is 11.1 Å². The molecule has 4 heteroatoms. The maximum absolute atomic E-state index is 13.1. The van der Waals surface area contributed by atoms with Crippen molar-refractivity contribution in [1.82, 2.24) is 4.90 Å². The van der Waals surface area contributed by atoms with Crippen LogP contribution in [0.15, 0.2) is 72.8 Å². The number of hydrogen-bond acceptors (Lipinski definition) is 3. The Morgan fingerprint density at radius 1 is 0.806 bits per heavy atom. The van der Waals surface area contributed by atoms with Crippen molar-refractivity contribution in [1.29, 1.82) is 0 Å². The molecule has 2 aromatic carbocycles. The lowest BCUT2D eigenvalue weighted by molar-refractivity contribution is -0.161. The molecule has 0 saturated carbocycles. The van der Waals surface area contributed by atoms with Gasteiger partial charge >= 0.3 is 5.97 Å². The van der Waals surface area contributed by atoms with Gasteiger partial charge in [0.25, 0.3) is 0 Å². The molecular formula is C27H31NO3. The standard InChI is InChI=1S/C27H31NO3/c1-26(2)19-23(31-25(30)18-16-22-13-9-6-10-14-22)20-27(3,4)28(26)24(29)17-15-21-11-7-5-8-12-21/h5-18,23H,19-20H2,1-4H3/b17-15+,18-16+. The molecular weight excluding hydrogens is 386 g/mol. The SMILES string of the molecule is CC1(C)CC(OC(=O)/C=C/c2ccccc2)CC(C)(C)N1C(=O)/C=C/c1ccccc1. The van der Waals surface area contributed by atoms with Crippen LogP contribution < -0.4 is 0 Å². The molecule has 0 aliphatic carbocycles. The van der Waals surface area contributed by atoms with Crippen molar-refractivity contribution >= 4 is 24.0 Å². The van der Waals surface area contributed by atoms with Crippen LogP contribution in [-0.4, -0.2) is 34.0 Å². The van der Waals surface area contributed by atoms with Gasteiger partial charge in [-0.1, -0.05) is 60.7 Å². The van der Waals surface area contributed by atoms with Gasteiger partial charge in [-0.3, -0.25) is 4.79 Å². The first kappa shape index (κ1) is 22.5. The first-order valence-corrected chi connectivity index (χ1v) is 10.7. The summed E-state index contributed by atoms with van der Waals surface area (Å²) in [6.07, 6.45) is 7.63. The predicted molar refractivity (Wildman–Crippen MR) is 125 cm³/mol. The van der Waals surface area contributed by atoms with E-state index in [4.69, 9.17) is 4.74 Å². The fraction of sp³-hybridized carbons (Fsp3) is 0.333.